The van der Waals surface area contributed by atoms with Crippen molar-refractivity contribution in [1.29, 1.82) is 0 Å². The van der Waals surface area contributed by atoms with Crippen LogP contribution >= 0.6 is 11.3 Å². The van der Waals surface area contributed by atoms with E-state index in [9.17, 15) is 4.79 Å². The van der Waals surface area contributed by atoms with Crippen LogP contribution in [0.3, 0.4) is 0 Å². The Morgan fingerprint density at radius 2 is 2.42 bits per heavy atom. The van der Waals surface area contributed by atoms with Crippen LogP contribution in [0, 0.1) is 0 Å². The van der Waals surface area contributed by atoms with Gasteiger partial charge in [-0.3, -0.25) is 4.79 Å². The molecule has 0 saturated carbocycles. The molecule has 2 rings (SSSR count). The number of nitrogens with two attached hydrogens (primary N) is 1. The lowest BCUT2D eigenvalue weighted by Gasteiger charge is -2.13. The number of hydrogen-bond donors (Lipinski definition) is 2. The van der Waals surface area contributed by atoms with Crippen LogP contribution in [-0.4, -0.2) is 35.4 Å². The van der Waals surface area contributed by atoms with Gasteiger partial charge in [0.25, 0.3) is 5.91 Å². The van der Waals surface area contributed by atoms with E-state index in [-0.39, 0.29) is 11.9 Å². The molecule has 2 aromatic heterocycles. The van der Waals surface area contributed by atoms with Gasteiger partial charge in [-0.1, -0.05) is 0 Å². The zero-order chi connectivity index (χ0) is 13.8. The molecule has 1 atom stereocenters. The zero-order valence-corrected chi connectivity index (χ0v) is 11.7. The van der Waals surface area contributed by atoms with Gasteiger partial charge in [-0.15, -0.1) is 16.4 Å². The number of nitrogens with one attached hydrogen (secondary N) is 1. The maximum atomic E-state index is 12.1. The monoisotopic (exact) mass is 280 g/mol. The molecule has 0 spiro atoms. The molecule has 0 radical (unpaired) electrons. The van der Waals surface area contributed by atoms with Crippen LogP contribution < -0.4 is 11.1 Å². The van der Waals surface area contributed by atoms with Gasteiger partial charge < -0.3 is 15.8 Å². The van der Waals surface area contributed by atoms with E-state index in [2.05, 4.69) is 15.5 Å². The lowest BCUT2D eigenvalue weighted by atomic mass is 10.2. The average molecular weight is 280 g/mol. The molecule has 3 N–H and O–H groups in total. The molecule has 0 aromatic carbocycles. The number of rotatable bonds is 5. The Bertz CT molecular complexity index is 584. The number of anilines is 1. The molecule has 7 heteroatoms. The van der Waals surface area contributed by atoms with Gasteiger partial charge in [0, 0.05) is 18.0 Å². The van der Waals surface area contributed by atoms with Crippen molar-refractivity contribution in [2.45, 2.75) is 19.9 Å². The normalized spacial score (nSPS) is 12.5. The van der Waals surface area contributed by atoms with E-state index >= 15 is 0 Å². The highest BCUT2D eigenvalue weighted by molar-refractivity contribution is 7.21. The van der Waals surface area contributed by atoms with Crippen LogP contribution in [0.5, 0.6) is 0 Å². The third kappa shape index (κ3) is 2.99. The Kier molecular flexibility index (Phi) is 4.28. The highest BCUT2D eigenvalue weighted by Crippen LogP contribution is 2.31. The van der Waals surface area contributed by atoms with E-state index in [1.165, 1.54) is 11.3 Å². The van der Waals surface area contributed by atoms with Crippen LogP contribution in [0.1, 0.15) is 23.5 Å². The first-order valence-corrected chi connectivity index (χ1v) is 6.83. The van der Waals surface area contributed by atoms with Gasteiger partial charge in [0.05, 0.1) is 18.5 Å². The van der Waals surface area contributed by atoms with Gasteiger partial charge in [-0.05, 0) is 19.9 Å². The van der Waals surface area contributed by atoms with Crippen LogP contribution in [0.4, 0.5) is 5.69 Å². The second-order valence-corrected chi connectivity index (χ2v) is 5.13. The summed E-state index contributed by atoms with van der Waals surface area (Å²) in [6, 6.07) is 1.69. The summed E-state index contributed by atoms with van der Waals surface area (Å²) in [5, 5.41) is 11.4. The lowest BCUT2D eigenvalue weighted by Crippen LogP contribution is -2.35. The third-order valence-electron chi connectivity index (χ3n) is 2.58. The molecule has 0 aliphatic heterocycles. The summed E-state index contributed by atoms with van der Waals surface area (Å²) in [5.74, 6) is -0.201. The molecular weight excluding hydrogens is 264 g/mol. The second-order valence-electron chi connectivity index (χ2n) is 4.13. The molecule has 19 heavy (non-hydrogen) atoms. The van der Waals surface area contributed by atoms with Crippen molar-refractivity contribution < 1.29 is 9.53 Å². The number of hydrogen-bond acceptors (Lipinski definition) is 6. The maximum Gasteiger partial charge on any atom is 0.263 e. The van der Waals surface area contributed by atoms with E-state index in [1.807, 2.05) is 13.8 Å². The first kappa shape index (κ1) is 13.7. The summed E-state index contributed by atoms with van der Waals surface area (Å²) in [4.78, 5) is 13.3. The number of thiophene rings is 1. The molecule has 0 aliphatic carbocycles. The van der Waals surface area contributed by atoms with Crippen molar-refractivity contribution in [1.82, 2.24) is 15.5 Å². The van der Waals surface area contributed by atoms with Crippen LogP contribution in [0.15, 0.2) is 12.3 Å². The second kappa shape index (κ2) is 5.94. The standard InChI is InChI=1S/C12H16N4O2S/c1-3-18-6-7(2)15-11(17)10-9(13)8-4-5-14-16-12(8)19-10/h4-5,7H,3,6,13H2,1-2H3,(H,15,17). The molecule has 0 saturated heterocycles. The van der Waals surface area contributed by atoms with Gasteiger partial charge in [0.15, 0.2) is 0 Å². The first-order valence-electron chi connectivity index (χ1n) is 6.01. The van der Waals surface area contributed by atoms with E-state index in [0.717, 1.165) is 5.39 Å². The predicted octanol–water partition coefficient (Wildman–Crippen LogP) is 1.43. The van der Waals surface area contributed by atoms with Crippen molar-refractivity contribution in [3.63, 3.8) is 0 Å². The van der Waals surface area contributed by atoms with Crippen molar-refractivity contribution in [3.05, 3.63) is 17.1 Å². The number of fused-ring (bicyclic) bond motifs is 1. The maximum absolute atomic E-state index is 12.1. The van der Waals surface area contributed by atoms with E-state index in [4.69, 9.17) is 10.5 Å². The van der Waals surface area contributed by atoms with Crippen LogP contribution in [-0.2, 0) is 4.74 Å². The fraction of sp³-hybridized carbons (Fsp3) is 0.417. The molecule has 2 aromatic rings. The van der Waals surface area contributed by atoms with E-state index < -0.39 is 0 Å². The molecule has 102 valence electrons. The Morgan fingerprint density at radius 1 is 1.63 bits per heavy atom. The number of nitrogen functional groups attached to an aromatic ring is 1. The number of nitrogens with zero attached hydrogens (tertiary/aromatic N) is 2. The third-order valence-corrected chi connectivity index (χ3v) is 3.68. The van der Waals surface area contributed by atoms with E-state index in [1.54, 1.807) is 12.3 Å². The van der Waals surface area contributed by atoms with E-state index in [0.29, 0.717) is 28.6 Å². The van der Waals surface area contributed by atoms with Crippen molar-refractivity contribution >= 4 is 33.1 Å². The molecule has 0 bridgehead atoms. The minimum atomic E-state index is -0.201. The van der Waals surface area contributed by atoms with Crippen molar-refractivity contribution in [3.8, 4) is 0 Å². The fourth-order valence-corrected chi connectivity index (χ4v) is 2.61. The number of carbonyl (C=O) groups is 1. The summed E-state index contributed by atoms with van der Waals surface area (Å²) in [7, 11) is 0. The summed E-state index contributed by atoms with van der Waals surface area (Å²) < 4.78 is 5.26. The number of aromatic nitrogens is 2. The smallest absolute Gasteiger partial charge is 0.263 e. The lowest BCUT2D eigenvalue weighted by molar-refractivity contribution is 0.0876. The number of amides is 1. The number of ether oxygens (including phenoxy) is 1. The molecule has 0 aliphatic rings. The molecule has 6 nitrogen and oxygen atoms in total. The number of carbonyl (C=O) groups excluding carboxylic acids is 1. The highest BCUT2D eigenvalue weighted by Gasteiger charge is 2.18. The fourth-order valence-electron chi connectivity index (χ4n) is 1.67. The molecule has 0 fully saturated rings. The largest absolute Gasteiger partial charge is 0.397 e. The SMILES string of the molecule is CCOCC(C)NC(=O)c1sc2nnccc2c1N. The van der Waals surface area contributed by atoms with Crippen molar-refractivity contribution in [2.24, 2.45) is 0 Å². The first-order chi connectivity index (χ1) is 9.13. The predicted molar refractivity (Wildman–Crippen MR) is 75.2 cm³/mol. The summed E-state index contributed by atoms with van der Waals surface area (Å²) in [5.41, 5.74) is 6.42. The minimum absolute atomic E-state index is 0.0665. The molecular formula is C12H16N4O2S. The Balaban J connectivity index is 2.15. The molecule has 1 unspecified atom stereocenters. The quantitative estimate of drug-likeness (QED) is 0.864. The highest BCUT2D eigenvalue weighted by atomic mass is 32.1. The van der Waals surface area contributed by atoms with Crippen molar-refractivity contribution in [2.75, 3.05) is 18.9 Å². The molecule has 1 amide bonds. The summed E-state index contributed by atoms with van der Waals surface area (Å²) >= 11 is 1.25. The Morgan fingerprint density at radius 3 is 3.11 bits per heavy atom. The van der Waals surface area contributed by atoms with Crippen LogP contribution in [0.2, 0.25) is 0 Å². The zero-order valence-electron chi connectivity index (χ0n) is 10.8. The van der Waals surface area contributed by atoms with Gasteiger partial charge >= 0.3 is 0 Å². The van der Waals surface area contributed by atoms with Crippen LogP contribution in [0.25, 0.3) is 10.2 Å². The Hall–Kier alpha value is -1.73. The van der Waals surface area contributed by atoms with Gasteiger partial charge in [-0.2, -0.15) is 5.10 Å². The summed E-state index contributed by atoms with van der Waals surface area (Å²) in [6.45, 7) is 4.90. The minimum Gasteiger partial charge on any atom is -0.397 e. The van der Waals surface area contributed by atoms with Gasteiger partial charge in [0.1, 0.15) is 9.71 Å². The summed E-state index contributed by atoms with van der Waals surface area (Å²) in [6.07, 6.45) is 1.56. The van der Waals surface area contributed by atoms with Gasteiger partial charge in [-0.25, -0.2) is 0 Å². The molecule has 2 heterocycles. The van der Waals surface area contributed by atoms with Gasteiger partial charge in [0.2, 0.25) is 0 Å². The average Bonchev–Trinajstić information content (AvgIpc) is 2.74. The Labute approximate surface area is 115 Å². The topological polar surface area (TPSA) is 90.1 Å².